The minimum Gasteiger partial charge on any atom is -0.462 e. The van der Waals surface area contributed by atoms with Crippen molar-refractivity contribution in [2.45, 2.75) is 25.3 Å². The van der Waals surface area contributed by atoms with Gasteiger partial charge in [0.25, 0.3) is 11.8 Å². The number of fused-ring (bicyclic) bond motifs is 1. The molecule has 14 nitrogen and oxygen atoms in total. The quantitative estimate of drug-likeness (QED) is 0.139. The number of nitrogens with one attached hydrogen (secondary N) is 1. The second kappa shape index (κ2) is 11.6. The summed E-state index contributed by atoms with van der Waals surface area (Å²) in [4.78, 5) is 67.2. The van der Waals surface area contributed by atoms with Crippen molar-refractivity contribution in [1.82, 2.24) is 10.2 Å². The summed E-state index contributed by atoms with van der Waals surface area (Å²) in [6.07, 6.45) is 0.272. The Balaban J connectivity index is 1.76. The van der Waals surface area contributed by atoms with E-state index in [1.54, 1.807) is 19.9 Å². The Labute approximate surface area is 209 Å². The predicted octanol–water partition coefficient (Wildman–Crippen LogP) is 0.0793. The Bertz CT molecular complexity index is 1100. The van der Waals surface area contributed by atoms with Gasteiger partial charge in [-0.2, -0.15) is 0 Å². The van der Waals surface area contributed by atoms with Gasteiger partial charge < -0.3 is 34.5 Å². The van der Waals surface area contributed by atoms with Gasteiger partial charge in [-0.15, -0.1) is 11.8 Å². The van der Waals surface area contributed by atoms with Gasteiger partial charge in [0.15, 0.2) is 5.76 Å². The number of nitrogens with zero attached hydrogens (tertiary/aromatic N) is 2. The highest BCUT2D eigenvalue weighted by Crippen LogP contribution is 2.40. The van der Waals surface area contributed by atoms with Gasteiger partial charge in [0, 0.05) is 11.3 Å². The predicted molar refractivity (Wildman–Crippen MR) is 122 cm³/mol. The van der Waals surface area contributed by atoms with Gasteiger partial charge >= 0.3 is 18.0 Å². The van der Waals surface area contributed by atoms with E-state index in [2.05, 4.69) is 10.5 Å². The Hall–Kier alpha value is -4.01. The van der Waals surface area contributed by atoms with E-state index in [4.69, 9.17) is 29.2 Å². The Kier molecular flexibility index (Phi) is 8.58. The van der Waals surface area contributed by atoms with Crippen LogP contribution in [0.5, 0.6) is 0 Å². The van der Waals surface area contributed by atoms with Crippen LogP contribution in [0, 0.1) is 5.92 Å². The summed E-state index contributed by atoms with van der Waals surface area (Å²) in [5.41, 5.74) is 4.91. The molecule has 2 atom stereocenters. The number of oxime groups is 1. The zero-order valence-electron chi connectivity index (χ0n) is 19.5. The number of carbonyl (C=O) groups is 5. The molecule has 3 N–H and O–H groups in total. The summed E-state index contributed by atoms with van der Waals surface area (Å²) in [6.45, 7) is 2.17. The second-order valence-corrected chi connectivity index (χ2v) is 8.79. The molecule has 1 aromatic heterocycles. The summed E-state index contributed by atoms with van der Waals surface area (Å²) < 4.78 is 19.9. The SMILES string of the molecule is CON=C(C(=O)N[C@@H]1C(=O)N2C(C(=O)OCOC(=O)C(C)C)=C(COC(N)=O)CS[C@H]12)c1ccco1. The monoisotopic (exact) mass is 524 g/mol. The molecule has 15 heteroatoms. The summed E-state index contributed by atoms with van der Waals surface area (Å²) in [7, 11) is 1.25. The van der Waals surface area contributed by atoms with E-state index in [0.717, 1.165) is 4.90 Å². The zero-order chi connectivity index (χ0) is 26.4. The fraction of sp³-hybridized carbons (Fsp3) is 0.429. The number of furan rings is 1. The maximum Gasteiger partial charge on any atom is 0.404 e. The molecule has 0 spiro atoms. The van der Waals surface area contributed by atoms with E-state index in [1.807, 2.05) is 0 Å². The van der Waals surface area contributed by atoms with Crippen LogP contribution < -0.4 is 11.1 Å². The van der Waals surface area contributed by atoms with Crippen molar-refractivity contribution in [3.8, 4) is 0 Å². The lowest BCUT2D eigenvalue weighted by atomic mass is 10.0. The molecule has 0 aliphatic carbocycles. The summed E-state index contributed by atoms with van der Waals surface area (Å²) in [5.74, 6) is -3.08. The van der Waals surface area contributed by atoms with E-state index in [0.29, 0.717) is 0 Å². The van der Waals surface area contributed by atoms with E-state index in [9.17, 15) is 24.0 Å². The van der Waals surface area contributed by atoms with Crippen LogP contribution in [-0.2, 0) is 38.2 Å². The molecule has 0 unspecified atom stereocenters. The van der Waals surface area contributed by atoms with E-state index >= 15 is 0 Å². The van der Waals surface area contributed by atoms with Crippen molar-refractivity contribution < 1.29 is 47.4 Å². The lowest BCUT2D eigenvalue weighted by Gasteiger charge is -2.49. The van der Waals surface area contributed by atoms with Crippen molar-refractivity contribution in [2.24, 2.45) is 16.8 Å². The van der Waals surface area contributed by atoms with E-state index in [-0.39, 0.29) is 35.1 Å². The van der Waals surface area contributed by atoms with E-state index in [1.165, 1.54) is 31.2 Å². The van der Waals surface area contributed by atoms with Crippen molar-refractivity contribution in [2.75, 3.05) is 26.3 Å². The first kappa shape index (κ1) is 26.6. The van der Waals surface area contributed by atoms with Crippen LogP contribution in [0.3, 0.4) is 0 Å². The molecule has 1 saturated heterocycles. The first-order chi connectivity index (χ1) is 17.1. The molecule has 1 aromatic rings. The fourth-order valence-electron chi connectivity index (χ4n) is 3.23. The Morgan fingerprint density at radius 3 is 2.64 bits per heavy atom. The highest BCUT2D eigenvalue weighted by atomic mass is 32.2. The Morgan fingerprint density at radius 1 is 1.28 bits per heavy atom. The van der Waals surface area contributed by atoms with Crippen LogP contribution in [0.1, 0.15) is 19.6 Å². The molecule has 2 aliphatic rings. The standard InChI is InChI=1S/C21H24N4O10S/c1-10(2)19(28)34-9-35-20(29)15-11(7-33-21(22)30)8-36-18-14(17(27)25(15)18)23-16(26)13(24-31-3)12-5-4-6-32-12/h4-6,10,14,18H,7-9H2,1-3H3,(H2,22,30)(H,23,26)/t14-,18-/m1/s1. The van der Waals surface area contributed by atoms with Gasteiger partial charge in [0.1, 0.15) is 30.8 Å². The molecule has 0 aromatic carbocycles. The number of carbonyl (C=O) groups excluding carboxylic acids is 5. The van der Waals surface area contributed by atoms with Gasteiger partial charge in [-0.05, 0) is 12.1 Å². The molecule has 3 rings (SSSR count). The summed E-state index contributed by atoms with van der Waals surface area (Å²) >= 11 is 1.22. The topological polar surface area (TPSA) is 189 Å². The number of β-lactam (4-membered cyclic amide) rings is 1. The van der Waals surface area contributed by atoms with Crippen LogP contribution in [0.15, 0.2) is 39.2 Å². The number of esters is 2. The third-order valence-corrected chi connectivity index (χ3v) is 6.27. The molecule has 36 heavy (non-hydrogen) atoms. The van der Waals surface area contributed by atoms with Crippen LogP contribution >= 0.6 is 11.8 Å². The molecule has 194 valence electrons. The zero-order valence-corrected chi connectivity index (χ0v) is 20.4. The normalized spacial score (nSPS) is 19.3. The highest BCUT2D eigenvalue weighted by molar-refractivity contribution is 8.00. The average molecular weight is 525 g/mol. The molecular weight excluding hydrogens is 500 g/mol. The van der Waals surface area contributed by atoms with Gasteiger partial charge in [-0.3, -0.25) is 19.3 Å². The first-order valence-corrected chi connectivity index (χ1v) is 11.6. The lowest BCUT2D eigenvalue weighted by molar-refractivity contribution is -0.170. The van der Waals surface area contributed by atoms with E-state index < -0.39 is 54.0 Å². The lowest BCUT2D eigenvalue weighted by Crippen LogP contribution is -2.71. The molecule has 0 saturated carbocycles. The van der Waals surface area contributed by atoms with Crippen molar-refractivity contribution in [3.05, 3.63) is 35.4 Å². The minimum absolute atomic E-state index is 0.125. The second-order valence-electron chi connectivity index (χ2n) is 7.69. The molecule has 3 amide bonds. The van der Waals surface area contributed by atoms with Crippen molar-refractivity contribution >= 4 is 47.3 Å². The number of rotatable bonds is 10. The molecule has 2 aliphatic heterocycles. The molecular formula is C21H24N4O10S. The number of nitrogens with two attached hydrogens (primary N) is 1. The number of primary amides is 1. The van der Waals surface area contributed by atoms with Crippen LogP contribution in [0.25, 0.3) is 0 Å². The summed E-state index contributed by atoms with van der Waals surface area (Å²) in [6, 6.07) is 2.03. The van der Waals surface area contributed by atoms with Crippen LogP contribution in [0.4, 0.5) is 4.79 Å². The molecule has 0 radical (unpaired) electrons. The van der Waals surface area contributed by atoms with Crippen LogP contribution in [-0.4, -0.2) is 78.1 Å². The number of ether oxygens (including phenoxy) is 3. The van der Waals surface area contributed by atoms with Gasteiger partial charge in [-0.1, -0.05) is 19.0 Å². The minimum atomic E-state index is -1.07. The van der Waals surface area contributed by atoms with Gasteiger partial charge in [0.05, 0.1) is 12.2 Å². The van der Waals surface area contributed by atoms with Crippen LogP contribution in [0.2, 0.25) is 0 Å². The maximum atomic E-state index is 13.0. The molecule has 3 heterocycles. The molecule has 1 fully saturated rings. The fourth-order valence-corrected chi connectivity index (χ4v) is 4.56. The smallest absolute Gasteiger partial charge is 0.404 e. The van der Waals surface area contributed by atoms with Crippen molar-refractivity contribution in [1.29, 1.82) is 0 Å². The first-order valence-electron chi connectivity index (χ1n) is 10.5. The Morgan fingerprint density at radius 2 is 2.03 bits per heavy atom. The van der Waals surface area contributed by atoms with Gasteiger partial charge in [0.2, 0.25) is 12.5 Å². The molecule has 0 bridgehead atoms. The highest BCUT2D eigenvalue weighted by Gasteiger charge is 2.55. The van der Waals surface area contributed by atoms with Gasteiger partial charge in [-0.25, -0.2) is 9.59 Å². The number of hydrogen-bond donors (Lipinski definition) is 2. The average Bonchev–Trinajstić information content (AvgIpc) is 3.37. The third-order valence-electron chi connectivity index (χ3n) is 4.93. The maximum absolute atomic E-state index is 13.0. The van der Waals surface area contributed by atoms with Crippen molar-refractivity contribution in [3.63, 3.8) is 0 Å². The largest absolute Gasteiger partial charge is 0.462 e. The summed E-state index contributed by atoms with van der Waals surface area (Å²) in [5, 5.41) is 5.54. The third kappa shape index (κ3) is 5.79. The number of hydrogen-bond acceptors (Lipinski definition) is 12. The number of thioether (sulfide) groups is 1. The number of amides is 3.